The molecule has 0 saturated carbocycles. The van der Waals surface area contributed by atoms with Gasteiger partial charge in [-0.15, -0.1) is 0 Å². The van der Waals surface area contributed by atoms with E-state index in [2.05, 4.69) is 52.0 Å². The van der Waals surface area contributed by atoms with Crippen LogP contribution in [0.15, 0.2) is 35.5 Å². The molecule has 0 aliphatic heterocycles. The number of rotatable bonds is 8. The number of allylic oxidation sites excluding steroid dienone is 6. The summed E-state index contributed by atoms with van der Waals surface area (Å²) in [7, 11) is 0. The van der Waals surface area contributed by atoms with Gasteiger partial charge in [-0.1, -0.05) is 57.4 Å². The zero-order valence-corrected chi connectivity index (χ0v) is 11.6. The Balaban J connectivity index is 4.53. The van der Waals surface area contributed by atoms with Gasteiger partial charge >= 0.3 is 0 Å². The van der Waals surface area contributed by atoms with Gasteiger partial charge in [-0.25, -0.2) is 0 Å². The van der Waals surface area contributed by atoms with E-state index < -0.39 is 0 Å². The lowest BCUT2D eigenvalue weighted by atomic mass is 9.98. The van der Waals surface area contributed by atoms with Gasteiger partial charge in [-0.05, 0) is 44.3 Å². The van der Waals surface area contributed by atoms with Gasteiger partial charge in [0.1, 0.15) is 0 Å². The molecule has 0 nitrogen and oxygen atoms in total. The second kappa shape index (κ2) is 10.7. The quantitative estimate of drug-likeness (QED) is 0.357. The van der Waals surface area contributed by atoms with Crippen molar-refractivity contribution in [1.29, 1.82) is 0 Å². The maximum Gasteiger partial charge on any atom is -0.0271 e. The minimum absolute atomic E-state index is 1.21. The van der Waals surface area contributed by atoms with Crippen LogP contribution >= 0.6 is 0 Å². The fourth-order valence-corrected chi connectivity index (χ4v) is 1.77. The first kappa shape index (κ1) is 15.2. The van der Waals surface area contributed by atoms with Crippen LogP contribution in [0.4, 0.5) is 0 Å². The molecule has 0 aliphatic carbocycles. The second-order valence-corrected chi connectivity index (χ2v) is 4.22. The molecule has 0 aromatic carbocycles. The van der Waals surface area contributed by atoms with E-state index in [1.807, 2.05) is 0 Å². The van der Waals surface area contributed by atoms with Crippen molar-refractivity contribution in [3.05, 3.63) is 35.5 Å². The SMILES string of the molecule is CC=CC(=C\CCCC)/C(=C/C)CCCC. The molecule has 0 aromatic heterocycles. The van der Waals surface area contributed by atoms with Crippen molar-refractivity contribution in [2.24, 2.45) is 0 Å². The Kier molecular flexibility index (Phi) is 10.2. The minimum Gasteiger partial charge on any atom is -0.0871 e. The lowest BCUT2D eigenvalue weighted by Gasteiger charge is -2.08. The Morgan fingerprint density at radius 3 is 2.19 bits per heavy atom. The molecule has 0 aromatic rings. The zero-order valence-electron chi connectivity index (χ0n) is 11.6. The van der Waals surface area contributed by atoms with Crippen LogP contribution in [-0.4, -0.2) is 0 Å². The smallest absolute Gasteiger partial charge is 0.0271 e. The average Bonchev–Trinajstić information content (AvgIpc) is 2.30. The van der Waals surface area contributed by atoms with E-state index in [1.54, 1.807) is 0 Å². The van der Waals surface area contributed by atoms with Gasteiger partial charge in [-0.2, -0.15) is 0 Å². The second-order valence-electron chi connectivity index (χ2n) is 4.22. The summed E-state index contributed by atoms with van der Waals surface area (Å²) in [6.45, 7) is 8.75. The summed E-state index contributed by atoms with van der Waals surface area (Å²) in [5.74, 6) is 0. The van der Waals surface area contributed by atoms with E-state index in [9.17, 15) is 0 Å². The van der Waals surface area contributed by atoms with Crippen LogP contribution in [0.1, 0.15) is 66.2 Å². The van der Waals surface area contributed by atoms with Crippen molar-refractivity contribution < 1.29 is 0 Å². The molecular formula is C16H28. The van der Waals surface area contributed by atoms with Crippen LogP contribution in [0.5, 0.6) is 0 Å². The molecular weight excluding hydrogens is 192 g/mol. The largest absolute Gasteiger partial charge is 0.0871 e. The van der Waals surface area contributed by atoms with E-state index in [4.69, 9.17) is 0 Å². The first-order chi connectivity index (χ1) is 7.79. The predicted octanol–water partition coefficient (Wildman–Crippen LogP) is 5.82. The molecule has 0 atom stereocenters. The number of unbranched alkanes of at least 4 members (excludes halogenated alkanes) is 3. The molecule has 0 heterocycles. The van der Waals surface area contributed by atoms with Crippen LogP contribution in [0.25, 0.3) is 0 Å². The number of hydrogen-bond donors (Lipinski definition) is 0. The molecule has 92 valence electrons. The van der Waals surface area contributed by atoms with Gasteiger partial charge in [0.2, 0.25) is 0 Å². The highest BCUT2D eigenvalue weighted by atomic mass is 14.1. The fraction of sp³-hybridized carbons (Fsp3) is 0.625. The average molecular weight is 220 g/mol. The highest BCUT2D eigenvalue weighted by molar-refractivity contribution is 5.39. The van der Waals surface area contributed by atoms with Crippen molar-refractivity contribution >= 4 is 0 Å². The van der Waals surface area contributed by atoms with Crippen LogP contribution in [0, 0.1) is 0 Å². The van der Waals surface area contributed by atoms with Gasteiger partial charge in [0.15, 0.2) is 0 Å². The van der Waals surface area contributed by atoms with E-state index in [0.29, 0.717) is 0 Å². The molecule has 0 rings (SSSR count). The summed E-state index contributed by atoms with van der Waals surface area (Å²) in [5, 5.41) is 0. The first-order valence-corrected chi connectivity index (χ1v) is 6.78. The van der Waals surface area contributed by atoms with Crippen LogP contribution in [0.2, 0.25) is 0 Å². The molecule has 0 bridgehead atoms. The standard InChI is InChI=1S/C16H28/c1-5-9-11-14-16(12-7-3)15(8-4)13-10-6-2/h7-8,12,14H,5-6,9-11,13H2,1-4H3/b12-7?,15-8+,16-14+. The summed E-state index contributed by atoms with van der Waals surface area (Å²) >= 11 is 0. The van der Waals surface area contributed by atoms with Crippen molar-refractivity contribution in [1.82, 2.24) is 0 Å². The number of hydrogen-bond acceptors (Lipinski definition) is 0. The molecule has 0 aliphatic rings. The predicted molar refractivity (Wildman–Crippen MR) is 75.7 cm³/mol. The zero-order chi connectivity index (χ0) is 12.2. The Morgan fingerprint density at radius 2 is 1.69 bits per heavy atom. The normalized spacial score (nSPS) is 13.8. The molecule has 0 saturated heterocycles. The third kappa shape index (κ3) is 6.66. The van der Waals surface area contributed by atoms with E-state index in [1.165, 1.54) is 49.7 Å². The van der Waals surface area contributed by atoms with Crippen LogP contribution < -0.4 is 0 Å². The Bertz CT molecular complexity index is 241. The molecule has 0 radical (unpaired) electrons. The van der Waals surface area contributed by atoms with Crippen LogP contribution in [-0.2, 0) is 0 Å². The Morgan fingerprint density at radius 1 is 1.00 bits per heavy atom. The third-order valence-electron chi connectivity index (χ3n) is 2.79. The maximum absolute atomic E-state index is 2.40. The molecule has 0 spiro atoms. The molecule has 0 N–H and O–H groups in total. The highest BCUT2D eigenvalue weighted by Crippen LogP contribution is 2.19. The first-order valence-electron chi connectivity index (χ1n) is 6.78. The van der Waals surface area contributed by atoms with Crippen molar-refractivity contribution in [3.8, 4) is 0 Å². The highest BCUT2D eigenvalue weighted by Gasteiger charge is 2.00. The lowest BCUT2D eigenvalue weighted by molar-refractivity contribution is 0.786. The Hall–Kier alpha value is -0.780. The summed E-state index contributed by atoms with van der Waals surface area (Å²) in [6.07, 6.45) is 16.6. The maximum atomic E-state index is 2.40. The lowest BCUT2D eigenvalue weighted by Crippen LogP contribution is -1.88. The third-order valence-corrected chi connectivity index (χ3v) is 2.79. The van der Waals surface area contributed by atoms with Crippen molar-refractivity contribution in [3.63, 3.8) is 0 Å². The monoisotopic (exact) mass is 220 g/mol. The van der Waals surface area contributed by atoms with Gasteiger partial charge < -0.3 is 0 Å². The van der Waals surface area contributed by atoms with Gasteiger partial charge in [-0.3, -0.25) is 0 Å². The molecule has 0 fully saturated rings. The molecule has 0 amide bonds. The van der Waals surface area contributed by atoms with E-state index in [-0.39, 0.29) is 0 Å². The Labute approximate surface area is 102 Å². The molecule has 0 heteroatoms. The fourth-order valence-electron chi connectivity index (χ4n) is 1.77. The summed E-state index contributed by atoms with van der Waals surface area (Å²) in [4.78, 5) is 0. The van der Waals surface area contributed by atoms with Crippen LogP contribution in [0.3, 0.4) is 0 Å². The topological polar surface area (TPSA) is 0 Å². The van der Waals surface area contributed by atoms with Gasteiger partial charge in [0.25, 0.3) is 0 Å². The van der Waals surface area contributed by atoms with Gasteiger partial charge in [0.05, 0.1) is 0 Å². The van der Waals surface area contributed by atoms with Gasteiger partial charge in [0, 0.05) is 0 Å². The summed E-state index contributed by atoms with van der Waals surface area (Å²) in [6, 6.07) is 0. The van der Waals surface area contributed by atoms with Crippen molar-refractivity contribution in [2.75, 3.05) is 0 Å². The molecule has 0 unspecified atom stereocenters. The van der Waals surface area contributed by atoms with Crippen molar-refractivity contribution in [2.45, 2.75) is 66.2 Å². The molecule has 16 heavy (non-hydrogen) atoms. The van der Waals surface area contributed by atoms with E-state index >= 15 is 0 Å². The summed E-state index contributed by atoms with van der Waals surface area (Å²) < 4.78 is 0. The summed E-state index contributed by atoms with van der Waals surface area (Å²) in [5.41, 5.74) is 2.95. The van der Waals surface area contributed by atoms with E-state index in [0.717, 1.165) is 0 Å². The minimum atomic E-state index is 1.21.